The van der Waals surface area contributed by atoms with Crippen LogP contribution < -0.4 is 10.1 Å². The fourth-order valence-electron chi connectivity index (χ4n) is 2.69. The number of amides is 1. The summed E-state index contributed by atoms with van der Waals surface area (Å²) >= 11 is 7.18. The van der Waals surface area contributed by atoms with Crippen LogP contribution in [0.1, 0.15) is 20.4 Å². The number of nitrogens with one attached hydrogen (secondary N) is 1. The lowest BCUT2D eigenvalue weighted by molar-refractivity contribution is 0.102. The fourth-order valence-corrected chi connectivity index (χ4v) is 3.69. The molecule has 146 valence electrons. The first-order valence-electron chi connectivity index (χ1n) is 8.85. The minimum absolute atomic E-state index is 0.240. The molecular weight excluding hydrogens is 408 g/mol. The van der Waals surface area contributed by atoms with Gasteiger partial charge in [-0.15, -0.1) is 11.3 Å². The van der Waals surface area contributed by atoms with E-state index < -0.39 is 0 Å². The zero-order chi connectivity index (χ0) is 20.2. The van der Waals surface area contributed by atoms with Crippen LogP contribution >= 0.6 is 22.9 Å². The molecule has 0 radical (unpaired) electrons. The van der Waals surface area contributed by atoms with Crippen LogP contribution in [-0.4, -0.2) is 20.7 Å². The molecule has 0 spiro atoms. The van der Waals surface area contributed by atoms with Crippen LogP contribution in [0.25, 0.3) is 5.69 Å². The van der Waals surface area contributed by atoms with E-state index in [-0.39, 0.29) is 12.5 Å². The number of anilines is 1. The lowest BCUT2D eigenvalue weighted by atomic mass is 10.3. The molecule has 0 aliphatic carbocycles. The van der Waals surface area contributed by atoms with E-state index in [0.717, 1.165) is 10.7 Å². The first-order chi connectivity index (χ1) is 14.1. The summed E-state index contributed by atoms with van der Waals surface area (Å²) in [5.41, 5.74) is 1.58. The molecule has 4 rings (SSSR count). The minimum Gasteiger partial charge on any atom is -0.486 e. The third kappa shape index (κ3) is 4.64. The predicted octanol–water partition coefficient (Wildman–Crippen LogP) is 5.12. The molecule has 2 heterocycles. The zero-order valence-corrected chi connectivity index (χ0v) is 17.1. The molecule has 0 saturated carbocycles. The standard InChI is InChI=1S/C21H17ClN4O2S/c1-14-20(29-19(23-14)13-28-17-9-7-15(22)8-10-17)21(27)24-18-11-12-26(25-18)16-5-3-2-4-6-16/h2-12H,13H2,1H3,(H,24,25,27). The highest BCUT2D eigenvalue weighted by Gasteiger charge is 2.17. The van der Waals surface area contributed by atoms with Crippen molar-refractivity contribution >= 4 is 34.7 Å². The number of hydrogen-bond acceptors (Lipinski definition) is 5. The van der Waals surface area contributed by atoms with Gasteiger partial charge in [0, 0.05) is 17.3 Å². The van der Waals surface area contributed by atoms with Gasteiger partial charge in [-0.1, -0.05) is 29.8 Å². The highest BCUT2D eigenvalue weighted by molar-refractivity contribution is 7.13. The topological polar surface area (TPSA) is 69.0 Å². The molecule has 1 N–H and O–H groups in total. The molecule has 0 atom stereocenters. The number of thiazole rings is 1. The summed E-state index contributed by atoms with van der Waals surface area (Å²) < 4.78 is 7.42. The van der Waals surface area contributed by atoms with Crippen LogP contribution in [0.5, 0.6) is 5.75 Å². The summed E-state index contributed by atoms with van der Waals surface area (Å²) in [5.74, 6) is 0.932. The van der Waals surface area contributed by atoms with Gasteiger partial charge in [0.15, 0.2) is 5.82 Å². The Balaban J connectivity index is 1.41. The third-order valence-corrected chi connectivity index (χ3v) is 5.46. The van der Waals surface area contributed by atoms with Crippen LogP contribution in [0, 0.1) is 6.92 Å². The lowest BCUT2D eigenvalue weighted by Gasteiger charge is -2.03. The fraction of sp³-hybridized carbons (Fsp3) is 0.0952. The Labute approximate surface area is 176 Å². The Morgan fingerprint density at radius 1 is 1.14 bits per heavy atom. The van der Waals surface area contributed by atoms with Crippen molar-refractivity contribution in [3.05, 3.63) is 87.5 Å². The van der Waals surface area contributed by atoms with E-state index in [1.807, 2.05) is 30.3 Å². The number of carbonyl (C=O) groups excluding carboxylic acids is 1. The number of ether oxygens (including phenoxy) is 1. The van der Waals surface area contributed by atoms with Crippen LogP contribution in [0.15, 0.2) is 66.9 Å². The number of para-hydroxylation sites is 1. The van der Waals surface area contributed by atoms with Crippen molar-refractivity contribution in [3.63, 3.8) is 0 Å². The zero-order valence-electron chi connectivity index (χ0n) is 15.5. The predicted molar refractivity (Wildman–Crippen MR) is 114 cm³/mol. The maximum absolute atomic E-state index is 12.7. The van der Waals surface area contributed by atoms with Crippen molar-refractivity contribution in [1.82, 2.24) is 14.8 Å². The van der Waals surface area contributed by atoms with Gasteiger partial charge in [0.1, 0.15) is 22.2 Å². The van der Waals surface area contributed by atoms with Gasteiger partial charge in [-0.3, -0.25) is 4.79 Å². The van der Waals surface area contributed by atoms with Gasteiger partial charge in [0.05, 0.1) is 11.4 Å². The summed E-state index contributed by atoms with van der Waals surface area (Å²) in [4.78, 5) is 17.6. The van der Waals surface area contributed by atoms with E-state index in [2.05, 4.69) is 15.4 Å². The molecule has 6 nitrogen and oxygen atoms in total. The number of halogens is 1. The first-order valence-corrected chi connectivity index (χ1v) is 10.0. The monoisotopic (exact) mass is 424 g/mol. The molecule has 0 unspecified atom stereocenters. The second kappa shape index (κ2) is 8.46. The summed E-state index contributed by atoms with van der Waals surface area (Å²) in [6.07, 6.45) is 1.80. The van der Waals surface area contributed by atoms with Crippen LogP contribution in [-0.2, 0) is 6.61 Å². The van der Waals surface area contributed by atoms with Crippen molar-refractivity contribution in [2.45, 2.75) is 13.5 Å². The van der Waals surface area contributed by atoms with Crippen molar-refractivity contribution in [2.75, 3.05) is 5.32 Å². The van der Waals surface area contributed by atoms with Gasteiger partial charge >= 0.3 is 0 Å². The average molecular weight is 425 g/mol. The Hall–Kier alpha value is -3.16. The van der Waals surface area contributed by atoms with Crippen molar-refractivity contribution in [3.8, 4) is 11.4 Å². The largest absolute Gasteiger partial charge is 0.486 e. The van der Waals surface area contributed by atoms with E-state index in [4.69, 9.17) is 16.3 Å². The summed E-state index contributed by atoms with van der Waals surface area (Å²) in [6.45, 7) is 2.09. The van der Waals surface area contributed by atoms with Gasteiger partial charge in [0.2, 0.25) is 0 Å². The van der Waals surface area contributed by atoms with Gasteiger partial charge in [-0.05, 0) is 43.3 Å². The molecule has 0 aliphatic heterocycles. The quantitative estimate of drug-likeness (QED) is 0.466. The molecule has 0 aliphatic rings. The maximum Gasteiger partial charge on any atom is 0.268 e. The number of rotatable bonds is 6. The molecule has 0 saturated heterocycles. The van der Waals surface area contributed by atoms with Gasteiger partial charge in [0.25, 0.3) is 5.91 Å². The van der Waals surface area contributed by atoms with Gasteiger partial charge in [-0.2, -0.15) is 5.10 Å². The Bertz CT molecular complexity index is 1120. The van der Waals surface area contributed by atoms with Crippen LogP contribution in [0.3, 0.4) is 0 Å². The smallest absolute Gasteiger partial charge is 0.268 e. The summed E-state index contributed by atoms with van der Waals surface area (Å²) in [5, 5.41) is 8.59. The minimum atomic E-state index is -0.240. The molecule has 2 aromatic carbocycles. The highest BCUT2D eigenvalue weighted by atomic mass is 35.5. The number of benzene rings is 2. The van der Waals surface area contributed by atoms with Crippen LogP contribution in [0.2, 0.25) is 5.02 Å². The molecule has 4 aromatic rings. The summed E-state index contributed by atoms with van der Waals surface area (Å²) in [6, 6.07) is 18.6. The van der Waals surface area contributed by atoms with Crippen molar-refractivity contribution < 1.29 is 9.53 Å². The van der Waals surface area contributed by atoms with E-state index in [0.29, 0.717) is 27.2 Å². The molecule has 2 aromatic heterocycles. The second-order valence-electron chi connectivity index (χ2n) is 6.20. The molecular formula is C21H17ClN4O2S. The Kier molecular flexibility index (Phi) is 5.59. The van der Waals surface area contributed by atoms with Crippen LogP contribution in [0.4, 0.5) is 5.82 Å². The number of aryl methyl sites for hydroxylation is 1. The normalized spacial score (nSPS) is 10.7. The highest BCUT2D eigenvalue weighted by Crippen LogP contribution is 2.22. The summed E-state index contributed by atoms with van der Waals surface area (Å²) in [7, 11) is 0. The average Bonchev–Trinajstić information content (AvgIpc) is 3.35. The van der Waals surface area contributed by atoms with Gasteiger partial charge < -0.3 is 10.1 Å². The third-order valence-electron chi connectivity index (χ3n) is 4.07. The maximum atomic E-state index is 12.7. The molecule has 0 fully saturated rings. The Morgan fingerprint density at radius 3 is 2.66 bits per heavy atom. The van der Waals surface area contributed by atoms with Crippen molar-refractivity contribution in [1.29, 1.82) is 0 Å². The number of hydrogen-bond donors (Lipinski definition) is 1. The van der Waals surface area contributed by atoms with E-state index in [9.17, 15) is 4.79 Å². The van der Waals surface area contributed by atoms with E-state index in [1.165, 1.54) is 11.3 Å². The molecule has 8 heteroatoms. The molecule has 29 heavy (non-hydrogen) atoms. The number of aromatic nitrogens is 3. The van der Waals surface area contributed by atoms with Gasteiger partial charge in [-0.25, -0.2) is 9.67 Å². The van der Waals surface area contributed by atoms with E-state index in [1.54, 1.807) is 48.1 Å². The first kappa shape index (κ1) is 19.2. The second-order valence-corrected chi connectivity index (χ2v) is 7.72. The van der Waals surface area contributed by atoms with E-state index >= 15 is 0 Å². The Morgan fingerprint density at radius 2 is 1.90 bits per heavy atom. The SMILES string of the molecule is Cc1nc(COc2ccc(Cl)cc2)sc1C(=O)Nc1ccn(-c2ccccc2)n1. The number of carbonyl (C=O) groups is 1. The lowest BCUT2D eigenvalue weighted by Crippen LogP contribution is -2.12. The molecule has 0 bridgehead atoms. The van der Waals surface area contributed by atoms with Crippen molar-refractivity contribution in [2.24, 2.45) is 0 Å². The molecule has 1 amide bonds. The number of nitrogens with zero attached hydrogens (tertiary/aromatic N) is 3.